The Balaban J connectivity index is 1.74. The minimum atomic E-state index is -0.883. The number of rotatable bonds is 2. The average Bonchev–Trinajstić information content (AvgIpc) is 3.24. The predicted molar refractivity (Wildman–Crippen MR) is 84.0 cm³/mol. The molecule has 1 aliphatic carbocycles. The van der Waals surface area contributed by atoms with Crippen molar-refractivity contribution in [2.45, 2.75) is 18.3 Å². The molecule has 2 aromatic carbocycles. The summed E-state index contributed by atoms with van der Waals surface area (Å²) in [6, 6.07) is 14.7. The third-order valence-corrected chi connectivity index (χ3v) is 5.71. The first-order valence-corrected chi connectivity index (χ1v) is 7.68. The Morgan fingerprint density at radius 1 is 1.18 bits per heavy atom. The Morgan fingerprint density at radius 2 is 1.95 bits per heavy atom. The van der Waals surface area contributed by atoms with Crippen LogP contribution < -0.4 is 0 Å². The van der Waals surface area contributed by atoms with Crippen molar-refractivity contribution in [1.29, 1.82) is 0 Å². The Morgan fingerprint density at radius 3 is 2.68 bits per heavy atom. The zero-order valence-corrected chi connectivity index (χ0v) is 12.3. The molecule has 114 valence electrons. The lowest BCUT2D eigenvalue weighted by atomic mass is 9.80. The third-order valence-electron chi connectivity index (χ3n) is 5.71. The van der Waals surface area contributed by atoms with Gasteiger partial charge in [0.05, 0.1) is 6.61 Å². The van der Waals surface area contributed by atoms with Crippen LogP contribution in [-0.2, 0) is 5.41 Å². The Bertz CT molecular complexity index is 759. The van der Waals surface area contributed by atoms with E-state index in [9.17, 15) is 15.0 Å². The predicted octanol–water partition coefficient (Wildman–Crippen LogP) is 2.84. The summed E-state index contributed by atoms with van der Waals surface area (Å²) in [5.74, 6) is 0. The maximum Gasteiger partial charge on any atom is 0.407 e. The Kier molecular flexibility index (Phi) is 2.76. The number of hydrogen-bond acceptors (Lipinski definition) is 2. The Hall–Kier alpha value is -2.07. The molecule has 1 saturated carbocycles. The number of carbonyl (C=O) groups is 1. The first-order valence-electron chi connectivity index (χ1n) is 7.68. The third kappa shape index (κ3) is 1.70. The molecule has 0 aromatic heterocycles. The molecule has 4 nitrogen and oxygen atoms in total. The lowest BCUT2D eigenvalue weighted by Crippen LogP contribution is -2.45. The summed E-state index contributed by atoms with van der Waals surface area (Å²) in [7, 11) is 0. The molecule has 0 bridgehead atoms. The maximum absolute atomic E-state index is 11.2. The summed E-state index contributed by atoms with van der Waals surface area (Å²) in [5.41, 5.74) is 0.884. The largest absolute Gasteiger partial charge is 0.465 e. The molecule has 0 spiro atoms. The second-order valence-electron chi connectivity index (χ2n) is 6.71. The molecule has 4 rings (SSSR count). The van der Waals surface area contributed by atoms with Crippen molar-refractivity contribution in [3.05, 3.63) is 48.0 Å². The van der Waals surface area contributed by atoms with Gasteiger partial charge in [0.1, 0.15) is 0 Å². The average molecular weight is 297 g/mol. The number of carboxylic acid groups (broad SMARTS) is 1. The zero-order chi connectivity index (χ0) is 15.4. The van der Waals surface area contributed by atoms with E-state index >= 15 is 0 Å². The van der Waals surface area contributed by atoms with Crippen LogP contribution in [0.4, 0.5) is 4.79 Å². The smallest absolute Gasteiger partial charge is 0.407 e. The van der Waals surface area contributed by atoms with Gasteiger partial charge in [0.2, 0.25) is 0 Å². The molecule has 2 atom stereocenters. The number of nitrogens with zero attached hydrogens (tertiary/aromatic N) is 1. The van der Waals surface area contributed by atoms with Crippen LogP contribution in [-0.4, -0.2) is 40.9 Å². The lowest BCUT2D eigenvalue weighted by molar-refractivity contribution is 0.0840. The molecule has 1 amide bonds. The van der Waals surface area contributed by atoms with E-state index in [0.29, 0.717) is 13.1 Å². The van der Waals surface area contributed by atoms with Gasteiger partial charge in [0, 0.05) is 23.9 Å². The van der Waals surface area contributed by atoms with Gasteiger partial charge in [0.25, 0.3) is 0 Å². The molecule has 22 heavy (non-hydrogen) atoms. The highest BCUT2D eigenvalue weighted by Gasteiger charge is 2.69. The van der Waals surface area contributed by atoms with Crippen molar-refractivity contribution in [2.24, 2.45) is 5.41 Å². The monoisotopic (exact) mass is 297 g/mol. The van der Waals surface area contributed by atoms with Gasteiger partial charge in [-0.15, -0.1) is 0 Å². The van der Waals surface area contributed by atoms with Gasteiger partial charge in [-0.1, -0.05) is 42.5 Å². The normalized spacial score (nSPS) is 30.1. The zero-order valence-electron chi connectivity index (χ0n) is 12.3. The number of likely N-dealkylation sites (tertiary alicyclic amines) is 1. The van der Waals surface area contributed by atoms with E-state index in [1.165, 1.54) is 21.2 Å². The van der Waals surface area contributed by atoms with E-state index in [1.54, 1.807) is 0 Å². The highest BCUT2D eigenvalue weighted by molar-refractivity contribution is 5.83. The van der Waals surface area contributed by atoms with Gasteiger partial charge in [-0.05, 0) is 29.2 Å². The first kappa shape index (κ1) is 13.6. The fourth-order valence-electron chi connectivity index (χ4n) is 4.32. The van der Waals surface area contributed by atoms with Crippen LogP contribution in [0.2, 0.25) is 0 Å². The fourth-order valence-corrected chi connectivity index (χ4v) is 4.32. The number of aliphatic hydroxyl groups excluding tert-OH is 1. The van der Waals surface area contributed by atoms with Crippen molar-refractivity contribution < 1.29 is 15.0 Å². The van der Waals surface area contributed by atoms with Gasteiger partial charge in [0.15, 0.2) is 0 Å². The van der Waals surface area contributed by atoms with Crippen molar-refractivity contribution in [1.82, 2.24) is 4.90 Å². The minimum Gasteiger partial charge on any atom is -0.465 e. The fraction of sp³-hybridized carbons (Fsp3) is 0.389. The molecule has 2 fully saturated rings. The van der Waals surface area contributed by atoms with E-state index in [0.717, 1.165) is 12.8 Å². The standard InChI is InChI=1S/C18H19NO3/c20-12-17-10-18(17,7-8-19(11-17)16(21)22)15-6-5-13-3-1-2-4-14(13)9-15/h1-6,9,20H,7-8,10-12H2,(H,21,22)/t17-,18-/m1/s1. The molecule has 2 aromatic rings. The molecular weight excluding hydrogens is 278 g/mol. The van der Waals surface area contributed by atoms with Crippen molar-refractivity contribution in [3.8, 4) is 0 Å². The summed E-state index contributed by atoms with van der Waals surface area (Å²) in [5, 5.41) is 21.5. The van der Waals surface area contributed by atoms with Crippen LogP contribution in [0.1, 0.15) is 18.4 Å². The highest BCUT2D eigenvalue weighted by atomic mass is 16.4. The minimum absolute atomic E-state index is 0.0452. The number of hydrogen-bond donors (Lipinski definition) is 2. The van der Waals surface area contributed by atoms with E-state index < -0.39 is 6.09 Å². The second-order valence-corrected chi connectivity index (χ2v) is 6.71. The number of aliphatic hydroxyl groups is 1. The van der Waals surface area contributed by atoms with Crippen molar-refractivity contribution in [3.63, 3.8) is 0 Å². The number of benzene rings is 2. The topological polar surface area (TPSA) is 60.8 Å². The molecule has 2 aliphatic rings. The van der Waals surface area contributed by atoms with E-state index in [2.05, 4.69) is 30.3 Å². The number of amides is 1. The first-order chi connectivity index (χ1) is 10.6. The van der Waals surface area contributed by atoms with Crippen LogP contribution in [0.15, 0.2) is 42.5 Å². The quantitative estimate of drug-likeness (QED) is 0.896. The molecule has 4 heteroatoms. The number of piperidine rings is 1. The van der Waals surface area contributed by atoms with Crippen molar-refractivity contribution in [2.75, 3.05) is 19.7 Å². The lowest BCUT2D eigenvalue weighted by Gasteiger charge is -2.36. The molecular formula is C18H19NO3. The maximum atomic E-state index is 11.2. The van der Waals surface area contributed by atoms with Crippen LogP contribution in [0, 0.1) is 5.41 Å². The number of fused-ring (bicyclic) bond motifs is 2. The van der Waals surface area contributed by atoms with Crippen LogP contribution in [0.5, 0.6) is 0 Å². The highest BCUT2D eigenvalue weighted by Crippen LogP contribution is 2.68. The summed E-state index contributed by atoms with van der Waals surface area (Å²) in [6.45, 7) is 1.03. The van der Waals surface area contributed by atoms with Gasteiger partial charge < -0.3 is 15.1 Å². The summed E-state index contributed by atoms with van der Waals surface area (Å²) >= 11 is 0. The van der Waals surface area contributed by atoms with Gasteiger partial charge in [-0.3, -0.25) is 0 Å². The molecule has 1 aliphatic heterocycles. The Labute approximate surface area is 129 Å². The van der Waals surface area contributed by atoms with E-state index in [4.69, 9.17) is 0 Å². The summed E-state index contributed by atoms with van der Waals surface area (Å²) < 4.78 is 0. The molecule has 0 unspecified atom stereocenters. The SMILES string of the molecule is O=C(O)N1CC[C@]2(c3ccc4ccccc4c3)C[C@]2(CO)C1. The molecule has 2 N–H and O–H groups in total. The van der Waals surface area contributed by atoms with Gasteiger partial charge in [-0.2, -0.15) is 0 Å². The van der Waals surface area contributed by atoms with Crippen LogP contribution in [0.25, 0.3) is 10.8 Å². The van der Waals surface area contributed by atoms with E-state index in [-0.39, 0.29) is 17.4 Å². The summed E-state index contributed by atoms with van der Waals surface area (Å²) in [6.07, 6.45) is 0.781. The second kappa shape index (κ2) is 4.46. The molecule has 0 radical (unpaired) electrons. The van der Waals surface area contributed by atoms with Crippen LogP contribution >= 0.6 is 0 Å². The van der Waals surface area contributed by atoms with Gasteiger partial charge in [-0.25, -0.2) is 4.79 Å². The molecule has 1 heterocycles. The van der Waals surface area contributed by atoms with Crippen LogP contribution in [0.3, 0.4) is 0 Å². The van der Waals surface area contributed by atoms with Crippen molar-refractivity contribution >= 4 is 16.9 Å². The molecule has 1 saturated heterocycles. The summed E-state index contributed by atoms with van der Waals surface area (Å²) in [4.78, 5) is 12.7. The van der Waals surface area contributed by atoms with E-state index in [1.807, 2.05) is 12.1 Å². The van der Waals surface area contributed by atoms with Gasteiger partial charge >= 0.3 is 6.09 Å².